The molecule has 0 aliphatic heterocycles. The molecule has 1 aromatic rings. The SMILES string of the molecule is CCC(O)CCNC(=O)COc1ccc(C)cc1C. The highest BCUT2D eigenvalue weighted by molar-refractivity contribution is 5.77. The lowest BCUT2D eigenvalue weighted by Gasteiger charge is -2.11. The fourth-order valence-corrected chi connectivity index (χ4v) is 1.74. The van der Waals surface area contributed by atoms with E-state index in [-0.39, 0.29) is 18.6 Å². The predicted molar refractivity (Wildman–Crippen MR) is 75.3 cm³/mol. The first kappa shape index (κ1) is 15.5. The highest BCUT2D eigenvalue weighted by Gasteiger charge is 2.06. The standard InChI is InChI=1S/C15H23NO3/c1-4-13(17)7-8-16-15(18)10-19-14-6-5-11(2)9-12(14)3/h5-6,9,13,17H,4,7-8,10H2,1-3H3,(H,16,18). The summed E-state index contributed by atoms with van der Waals surface area (Å²) in [5.41, 5.74) is 2.19. The summed E-state index contributed by atoms with van der Waals surface area (Å²) < 4.78 is 5.46. The van der Waals surface area contributed by atoms with E-state index in [0.29, 0.717) is 19.4 Å². The van der Waals surface area contributed by atoms with Gasteiger partial charge in [0.15, 0.2) is 6.61 Å². The summed E-state index contributed by atoms with van der Waals surface area (Å²) in [6.45, 7) is 6.37. The topological polar surface area (TPSA) is 58.6 Å². The van der Waals surface area contributed by atoms with E-state index >= 15 is 0 Å². The van der Waals surface area contributed by atoms with E-state index in [4.69, 9.17) is 4.74 Å². The summed E-state index contributed by atoms with van der Waals surface area (Å²) in [4.78, 5) is 11.5. The molecule has 0 aliphatic rings. The Kier molecular flexibility index (Phi) is 6.36. The number of aliphatic hydroxyl groups excluding tert-OH is 1. The van der Waals surface area contributed by atoms with Crippen molar-refractivity contribution in [2.75, 3.05) is 13.2 Å². The normalized spacial score (nSPS) is 12.0. The largest absolute Gasteiger partial charge is 0.484 e. The van der Waals surface area contributed by atoms with E-state index in [1.165, 1.54) is 5.56 Å². The molecule has 0 fully saturated rings. The fraction of sp³-hybridized carbons (Fsp3) is 0.533. The highest BCUT2D eigenvalue weighted by atomic mass is 16.5. The lowest BCUT2D eigenvalue weighted by molar-refractivity contribution is -0.123. The van der Waals surface area contributed by atoms with Gasteiger partial charge < -0.3 is 15.2 Å². The van der Waals surface area contributed by atoms with Crippen LogP contribution in [0.3, 0.4) is 0 Å². The third-order valence-electron chi connectivity index (χ3n) is 2.96. The summed E-state index contributed by atoms with van der Waals surface area (Å²) in [5.74, 6) is 0.567. The van der Waals surface area contributed by atoms with E-state index < -0.39 is 0 Å². The Morgan fingerprint density at radius 3 is 2.79 bits per heavy atom. The Balaban J connectivity index is 2.30. The van der Waals surface area contributed by atoms with Crippen LogP contribution in [-0.2, 0) is 4.79 Å². The van der Waals surface area contributed by atoms with Crippen LogP contribution in [0.4, 0.5) is 0 Å². The van der Waals surface area contributed by atoms with Crippen LogP contribution >= 0.6 is 0 Å². The molecular formula is C15H23NO3. The fourth-order valence-electron chi connectivity index (χ4n) is 1.74. The molecule has 4 nitrogen and oxygen atoms in total. The smallest absolute Gasteiger partial charge is 0.257 e. The van der Waals surface area contributed by atoms with Gasteiger partial charge in [0, 0.05) is 6.54 Å². The molecule has 2 N–H and O–H groups in total. The molecule has 1 atom stereocenters. The number of amides is 1. The first-order chi connectivity index (χ1) is 9.02. The summed E-state index contributed by atoms with van der Waals surface area (Å²) in [7, 11) is 0. The summed E-state index contributed by atoms with van der Waals surface area (Å²) >= 11 is 0. The van der Waals surface area contributed by atoms with Crippen molar-refractivity contribution in [3.05, 3.63) is 29.3 Å². The van der Waals surface area contributed by atoms with Gasteiger partial charge in [-0.05, 0) is 38.3 Å². The Morgan fingerprint density at radius 2 is 2.16 bits per heavy atom. The van der Waals surface area contributed by atoms with Gasteiger partial charge in [-0.3, -0.25) is 4.79 Å². The number of hydrogen-bond donors (Lipinski definition) is 2. The van der Waals surface area contributed by atoms with E-state index in [2.05, 4.69) is 5.32 Å². The second-order valence-corrected chi connectivity index (χ2v) is 4.76. The van der Waals surface area contributed by atoms with Gasteiger partial charge in [-0.15, -0.1) is 0 Å². The van der Waals surface area contributed by atoms with Crippen molar-refractivity contribution in [3.8, 4) is 5.75 Å². The van der Waals surface area contributed by atoms with Gasteiger partial charge in [0.2, 0.25) is 0 Å². The Bertz CT molecular complexity index is 418. The van der Waals surface area contributed by atoms with Crippen LogP contribution in [0.15, 0.2) is 18.2 Å². The average Bonchev–Trinajstić information content (AvgIpc) is 2.37. The van der Waals surface area contributed by atoms with Crippen molar-refractivity contribution < 1.29 is 14.6 Å². The lowest BCUT2D eigenvalue weighted by atomic mass is 10.1. The quantitative estimate of drug-likeness (QED) is 0.792. The monoisotopic (exact) mass is 265 g/mol. The van der Waals surface area contributed by atoms with E-state index in [0.717, 1.165) is 11.3 Å². The second-order valence-electron chi connectivity index (χ2n) is 4.76. The average molecular weight is 265 g/mol. The molecule has 0 aromatic heterocycles. The summed E-state index contributed by atoms with van der Waals surface area (Å²) in [5, 5.41) is 12.1. The maximum Gasteiger partial charge on any atom is 0.257 e. The molecule has 0 aliphatic carbocycles. The van der Waals surface area contributed by atoms with Crippen LogP contribution in [0.1, 0.15) is 30.9 Å². The third-order valence-corrected chi connectivity index (χ3v) is 2.96. The Labute approximate surface area is 114 Å². The summed E-state index contributed by atoms with van der Waals surface area (Å²) in [6, 6.07) is 5.85. The second kappa shape index (κ2) is 7.79. The van der Waals surface area contributed by atoms with Crippen LogP contribution in [0.2, 0.25) is 0 Å². The molecule has 0 spiro atoms. The third kappa shape index (κ3) is 5.75. The molecule has 1 unspecified atom stereocenters. The molecule has 1 rings (SSSR count). The zero-order chi connectivity index (χ0) is 14.3. The molecule has 0 bridgehead atoms. The minimum Gasteiger partial charge on any atom is -0.484 e. The van der Waals surface area contributed by atoms with Crippen molar-refractivity contribution in [3.63, 3.8) is 0 Å². The van der Waals surface area contributed by atoms with Gasteiger partial charge >= 0.3 is 0 Å². The van der Waals surface area contributed by atoms with Crippen LogP contribution in [0.5, 0.6) is 5.75 Å². The zero-order valence-electron chi connectivity index (χ0n) is 11.9. The minimum absolute atomic E-state index is 0.00607. The molecule has 4 heteroatoms. The number of carbonyl (C=O) groups excluding carboxylic acids is 1. The van der Waals surface area contributed by atoms with Crippen molar-refractivity contribution in [1.82, 2.24) is 5.32 Å². The van der Waals surface area contributed by atoms with Crippen LogP contribution in [-0.4, -0.2) is 30.3 Å². The van der Waals surface area contributed by atoms with Crippen LogP contribution in [0.25, 0.3) is 0 Å². The van der Waals surface area contributed by atoms with E-state index in [9.17, 15) is 9.90 Å². The van der Waals surface area contributed by atoms with Crippen molar-refractivity contribution in [2.24, 2.45) is 0 Å². The predicted octanol–water partition coefficient (Wildman–Crippen LogP) is 1.96. The van der Waals surface area contributed by atoms with Crippen LogP contribution < -0.4 is 10.1 Å². The number of benzene rings is 1. The molecule has 106 valence electrons. The van der Waals surface area contributed by atoms with E-state index in [1.54, 1.807) is 0 Å². The number of rotatable bonds is 7. The first-order valence-corrected chi connectivity index (χ1v) is 6.67. The highest BCUT2D eigenvalue weighted by Crippen LogP contribution is 2.18. The number of aryl methyl sites for hydroxylation is 2. The first-order valence-electron chi connectivity index (χ1n) is 6.67. The van der Waals surface area contributed by atoms with Gasteiger partial charge in [0.25, 0.3) is 5.91 Å². The maximum absolute atomic E-state index is 11.5. The molecule has 0 heterocycles. The molecule has 1 amide bonds. The van der Waals surface area contributed by atoms with Gasteiger partial charge in [0.1, 0.15) is 5.75 Å². The minimum atomic E-state index is -0.347. The molecule has 1 aromatic carbocycles. The number of hydrogen-bond acceptors (Lipinski definition) is 3. The molecule has 0 saturated heterocycles. The maximum atomic E-state index is 11.5. The van der Waals surface area contributed by atoms with Gasteiger partial charge in [0.05, 0.1) is 6.10 Å². The van der Waals surface area contributed by atoms with Gasteiger partial charge in [-0.2, -0.15) is 0 Å². The number of carbonyl (C=O) groups is 1. The molecule has 19 heavy (non-hydrogen) atoms. The van der Waals surface area contributed by atoms with E-state index in [1.807, 2.05) is 39.0 Å². The number of ether oxygens (including phenoxy) is 1. The van der Waals surface area contributed by atoms with Crippen molar-refractivity contribution >= 4 is 5.91 Å². The number of nitrogens with one attached hydrogen (secondary N) is 1. The molecular weight excluding hydrogens is 242 g/mol. The Hall–Kier alpha value is -1.55. The van der Waals surface area contributed by atoms with Crippen molar-refractivity contribution in [1.29, 1.82) is 0 Å². The van der Waals surface area contributed by atoms with Crippen LogP contribution in [0, 0.1) is 13.8 Å². The zero-order valence-corrected chi connectivity index (χ0v) is 11.9. The summed E-state index contributed by atoms with van der Waals surface area (Å²) in [6.07, 6.45) is 0.932. The Morgan fingerprint density at radius 1 is 1.42 bits per heavy atom. The molecule has 0 saturated carbocycles. The lowest BCUT2D eigenvalue weighted by Crippen LogP contribution is -2.31. The van der Waals surface area contributed by atoms with Gasteiger partial charge in [-0.25, -0.2) is 0 Å². The number of aliphatic hydroxyl groups is 1. The molecule has 0 radical (unpaired) electrons. The van der Waals surface area contributed by atoms with Crippen molar-refractivity contribution in [2.45, 2.75) is 39.7 Å². The van der Waals surface area contributed by atoms with Gasteiger partial charge in [-0.1, -0.05) is 24.6 Å².